The molecule has 0 radical (unpaired) electrons. The average molecular weight is 258 g/mol. The van der Waals surface area contributed by atoms with Crippen molar-refractivity contribution >= 4 is 16.7 Å². The van der Waals surface area contributed by atoms with E-state index < -0.39 is 0 Å². The average Bonchev–Trinajstić information content (AvgIpc) is 3.23. The number of hydrogen-bond donors (Lipinski definition) is 1. The van der Waals surface area contributed by atoms with Crippen LogP contribution in [-0.2, 0) is 11.3 Å². The largest absolute Gasteiger partial charge is 0.497 e. The minimum atomic E-state index is 0.538. The monoisotopic (exact) mass is 258 g/mol. The number of anilines is 1. The summed E-state index contributed by atoms with van der Waals surface area (Å²) < 4.78 is 10.9. The van der Waals surface area contributed by atoms with Crippen molar-refractivity contribution in [1.29, 1.82) is 0 Å². The zero-order chi connectivity index (χ0) is 13.2. The molecule has 2 N–H and O–H groups in total. The first-order chi connectivity index (χ1) is 9.26. The van der Waals surface area contributed by atoms with E-state index in [0.717, 1.165) is 34.7 Å². The molecule has 0 aliphatic heterocycles. The van der Waals surface area contributed by atoms with Crippen molar-refractivity contribution in [2.24, 2.45) is 5.92 Å². The number of hydrogen-bond acceptors (Lipinski definition) is 4. The molecular weight excluding hydrogens is 240 g/mol. The number of benzene rings is 1. The molecule has 1 aliphatic carbocycles. The number of fused-ring (bicyclic) bond motifs is 1. The van der Waals surface area contributed by atoms with Crippen molar-refractivity contribution in [2.45, 2.75) is 19.4 Å². The molecule has 4 heteroatoms. The third-order valence-electron chi connectivity index (χ3n) is 3.45. The highest BCUT2D eigenvalue weighted by Gasteiger charge is 2.21. The molecule has 0 spiro atoms. The van der Waals surface area contributed by atoms with E-state index in [0.29, 0.717) is 12.4 Å². The summed E-state index contributed by atoms with van der Waals surface area (Å²) in [6.07, 6.45) is 2.59. The van der Waals surface area contributed by atoms with Gasteiger partial charge in [-0.05, 0) is 37.0 Å². The first-order valence-corrected chi connectivity index (χ1v) is 6.57. The summed E-state index contributed by atoms with van der Waals surface area (Å²) in [7, 11) is 1.64. The predicted molar refractivity (Wildman–Crippen MR) is 75.1 cm³/mol. The van der Waals surface area contributed by atoms with Crippen LogP contribution in [0.2, 0.25) is 0 Å². The fourth-order valence-corrected chi connectivity index (χ4v) is 2.07. The molecule has 2 aromatic rings. The molecule has 1 aliphatic rings. The van der Waals surface area contributed by atoms with E-state index in [4.69, 9.17) is 15.2 Å². The Morgan fingerprint density at radius 1 is 1.32 bits per heavy atom. The molecule has 0 unspecified atom stereocenters. The Balaban J connectivity index is 1.81. The Kier molecular flexibility index (Phi) is 3.25. The maximum atomic E-state index is 5.98. The SMILES string of the molecule is COc1ccc2cc(COCC3CC3)c(N)nc2c1. The van der Waals surface area contributed by atoms with E-state index in [1.807, 2.05) is 24.3 Å². The second kappa shape index (κ2) is 5.05. The van der Waals surface area contributed by atoms with Crippen LogP contribution in [-0.4, -0.2) is 18.7 Å². The standard InChI is InChI=1S/C15H18N2O2/c1-18-13-5-4-11-6-12(9-19-8-10-2-3-10)15(16)17-14(11)7-13/h4-7,10H,2-3,8-9H2,1H3,(H2,16,17). The molecular formula is C15H18N2O2. The van der Waals surface area contributed by atoms with Gasteiger partial charge in [0.05, 0.1) is 19.2 Å². The third-order valence-corrected chi connectivity index (χ3v) is 3.45. The smallest absolute Gasteiger partial charge is 0.129 e. The fraction of sp³-hybridized carbons (Fsp3) is 0.400. The van der Waals surface area contributed by atoms with Gasteiger partial charge in [-0.15, -0.1) is 0 Å². The van der Waals surface area contributed by atoms with Crippen LogP contribution in [0.1, 0.15) is 18.4 Å². The van der Waals surface area contributed by atoms with Gasteiger partial charge < -0.3 is 15.2 Å². The summed E-state index contributed by atoms with van der Waals surface area (Å²) in [5.74, 6) is 2.09. The minimum Gasteiger partial charge on any atom is -0.497 e. The number of nitrogens with two attached hydrogens (primary N) is 1. The summed E-state index contributed by atoms with van der Waals surface area (Å²) in [6.45, 7) is 1.37. The van der Waals surface area contributed by atoms with Gasteiger partial charge in [-0.2, -0.15) is 0 Å². The van der Waals surface area contributed by atoms with E-state index in [1.165, 1.54) is 12.8 Å². The zero-order valence-corrected chi connectivity index (χ0v) is 11.1. The lowest BCUT2D eigenvalue weighted by Gasteiger charge is -2.09. The summed E-state index contributed by atoms with van der Waals surface area (Å²) in [5, 5.41) is 1.06. The molecule has 1 aromatic carbocycles. The molecule has 4 nitrogen and oxygen atoms in total. The zero-order valence-electron chi connectivity index (χ0n) is 11.1. The van der Waals surface area contributed by atoms with E-state index in [9.17, 15) is 0 Å². The van der Waals surface area contributed by atoms with Gasteiger partial charge >= 0.3 is 0 Å². The predicted octanol–water partition coefficient (Wildman–Crippen LogP) is 2.75. The Morgan fingerprint density at radius 2 is 2.16 bits per heavy atom. The molecule has 0 atom stereocenters. The van der Waals surface area contributed by atoms with Crippen LogP contribution in [0.3, 0.4) is 0 Å². The molecule has 19 heavy (non-hydrogen) atoms. The van der Waals surface area contributed by atoms with Crippen LogP contribution in [0.4, 0.5) is 5.82 Å². The summed E-state index contributed by atoms with van der Waals surface area (Å²) in [5.41, 5.74) is 7.79. The van der Waals surface area contributed by atoms with Crippen LogP contribution < -0.4 is 10.5 Å². The van der Waals surface area contributed by atoms with Gasteiger partial charge in [-0.3, -0.25) is 0 Å². The van der Waals surface area contributed by atoms with Gasteiger partial charge in [0.2, 0.25) is 0 Å². The van der Waals surface area contributed by atoms with Crippen LogP contribution >= 0.6 is 0 Å². The van der Waals surface area contributed by atoms with Gasteiger partial charge in [0.15, 0.2) is 0 Å². The van der Waals surface area contributed by atoms with E-state index in [2.05, 4.69) is 4.98 Å². The highest BCUT2D eigenvalue weighted by Crippen LogP contribution is 2.29. The van der Waals surface area contributed by atoms with Gasteiger partial charge in [-0.25, -0.2) is 4.98 Å². The summed E-state index contributed by atoms with van der Waals surface area (Å²) in [4.78, 5) is 4.42. The van der Waals surface area contributed by atoms with Crippen molar-refractivity contribution in [3.63, 3.8) is 0 Å². The Hall–Kier alpha value is -1.81. The molecule has 3 rings (SSSR count). The van der Waals surface area contributed by atoms with Gasteiger partial charge in [0.1, 0.15) is 11.6 Å². The first kappa shape index (κ1) is 12.2. The Morgan fingerprint density at radius 3 is 2.89 bits per heavy atom. The second-order valence-electron chi connectivity index (χ2n) is 5.05. The Labute approximate surface area is 112 Å². The minimum absolute atomic E-state index is 0.538. The molecule has 1 saturated carbocycles. The number of nitrogen functional groups attached to an aromatic ring is 1. The van der Waals surface area contributed by atoms with E-state index in [1.54, 1.807) is 7.11 Å². The van der Waals surface area contributed by atoms with Crippen LogP contribution in [0.5, 0.6) is 5.75 Å². The lowest BCUT2D eigenvalue weighted by Crippen LogP contribution is -2.03. The number of nitrogens with zero attached hydrogens (tertiary/aromatic N) is 1. The molecule has 0 amide bonds. The van der Waals surface area contributed by atoms with Crippen LogP contribution in [0.25, 0.3) is 10.9 Å². The highest BCUT2D eigenvalue weighted by molar-refractivity contribution is 5.82. The Bertz CT molecular complexity index is 594. The summed E-state index contributed by atoms with van der Waals surface area (Å²) in [6, 6.07) is 7.85. The molecule has 1 fully saturated rings. The quantitative estimate of drug-likeness (QED) is 0.896. The molecule has 0 saturated heterocycles. The first-order valence-electron chi connectivity index (χ1n) is 6.57. The molecule has 0 bridgehead atoms. The van der Waals surface area contributed by atoms with Crippen LogP contribution in [0.15, 0.2) is 24.3 Å². The topological polar surface area (TPSA) is 57.4 Å². The summed E-state index contributed by atoms with van der Waals surface area (Å²) >= 11 is 0. The number of aromatic nitrogens is 1. The normalized spacial score (nSPS) is 14.8. The number of ether oxygens (including phenoxy) is 2. The van der Waals surface area contributed by atoms with Gasteiger partial charge in [-0.1, -0.05) is 0 Å². The maximum Gasteiger partial charge on any atom is 0.129 e. The van der Waals surface area contributed by atoms with Crippen molar-refractivity contribution in [1.82, 2.24) is 4.98 Å². The molecule has 1 heterocycles. The fourth-order valence-electron chi connectivity index (χ4n) is 2.07. The number of rotatable bonds is 5. The number of methoxy groups -OCH3 is 1. The van der Waals surface area contributed by atoms with Gasteiger partial charge in [0, 0.05) is 23.6 Å². The van der Waals surface area contributed by atoms with Gasteiger partial charge in [0.25, 0.3) is 0 Å². The van der Waals surface area contributed by atoms with E-state index >= 15 is 0 Å². The van der Waals surface area contributed by atoms with Crippen molar-refractivity contribution < 1.29 is 9.47 Å². The molecule has 100 valence electrons. The van der Waals surface area contributed by atoms with Crippen molar-refractivity contribution in [3.8, 4) is 5.75 Å². The van der Waals surface area contributed by atoms with E-state index in [-0.39, 0.29) is 0 Å². The number of pyridine rings is 1. The lowest BCUT2D eigenvalue weighted by molar-refractivity contribution is 0.111. The van der Waals surface area contributed by atoms with Crippen molar-refractivity contribution in [2.75, 3.05) is 19.5 Å². The third kappa shape index (κ3) is 2.79. The second-order valence-corrected chi connectivity index (χ2v) is 5.05. The lowest BCUT2D eigenvalue weighted by atomic mass is 10.1. The maximum absolute atomic E-state index is 5.98. The highest BCUT2D eigenvalue weighted by atomic mass is 16.5. The van der Waals surface area contributed by atoms with Crippen LogP contribution in [0, 0.1) is 5.92 Å². The molecule has 1 aromatic heterocycles. The van der Waals surface area contributed by atoms with Crippen molar-refractivity contribution in [3.05, 3.63) is 29.8 Å².